The number of hydrogen-bond acceptors (Lipinski definition) is 3. The number of carbonyl (C=O) groups is 1. The highest BCUT2D eigenvalue weighted by molar-refractivity contribution is 6.30. The Hall–Kier alpha value is -2.20. The van der Waals surface area contributed by atoms with Crippen molar-refractivity contribution in [1.29, 1.82) is 0 Å². The van der Waals surface area contributed by atoms with Crippen LogP contribution in [0.5, 0.6) is 0 Å². The molecule has 1 heterocycles. The molecular formula is C20H24ClN3O. The summed E-state index contributed by atoms with van der Waals surface area (Å²) in [5.41, 5.74) is 3.46. The SMILES string of the molecule is Cc1cccc(N2CCN(C(=O)CCNc3cccc(Cl)c3)CC2)c1. The lowest BCUT2D eigenvalue weighted by Gasteiger charge is -2.36. The minimum absolute atomic E-state index is 0.207. The monoisotopic (exact) mass is 357 g/mol. The van der Waals surface area contributed by atoms with E-state index < -0.39 is 0 Å². The maximum absolute atomic E-state index is 12.4. The normalized spacial score (nSPS) is 14.5. The second kappa shape index (κ2) is 8.26. The van der Waals surface area contributed by atoms with E-state index in [1.165, 1.54) is 11.3 Å². The molecule has 0 radical (unpaired) electrons. The first-order valence-electron chi connectivity index (χ1n) is 8.71. The maximum Gasteiger partial charge on any atom is 0.224 e. The van der Waals surface area contributed by atoms with Crippen molar-refractivity contribution in [1.82, 2.24) is 4.90 Å². The zero-order valence-corrected chi connectivity index (χ0v) is 15.3. The molecule has 1 N–H and O–H groups in total. The number of nitrogens with one attached hydrogen (secondary N) is 1. The number of halogens is 1. The minimum Gasteiger partial charge on any atom is -0.384 e. The molecule has 132 valence electrons. The first kappa shape index (κ1) is 17.6. The number of anilines is 2. The maximum atomic E-state index is 12.4. The van der Waals surface area contributed by atoms with Crippen molar-refractivity contribution in [2.24, 2.45) is 0 Å². The van der Waals surface area contributed by atoms with Crippen LogP contribution < -0.4 is 10.2 Å². The Kier molecular flexibility index (Phi) is 5.82. The summed E-state index contributed by atoms with van der Waals surface area (Å²) < 4.78 is 0. The summed E-state index contributed by atoms with van der Waals surface area (Å²) in [5, 5.41) is 3.95. The fourth-order valence-corrected chi connectivity index (χ4v) is 3.30. The van der Waals surface area contributed by atoms with E-state index in [0.29, 0.717) is 18.0 Å². The molecule has 0 unspecified atom stereocenters. The largest absolute Gasteiger partial charge is 0.384 e. The van der Waals surface area contributed by atoms with Gasteiger partial charge in [-0.2, -0.15) is 0 Å². The first-order valence-corrected chi connectivity index (χ1v) is 9.08. The van der Waals surface area contributed by atoms with Gasteiger partial charge in [0, 0.05) is 55.5 Å². The van der Waals surface area contributed by atoms with Crippen molar-refractivity contribution < 1.29 is 4.79 Å². The van der Waals surface area contributed by atoms with Crippen molar-refractivity contribution in [2.75, 3.05) is 42.9 Å². The van der Waals surface area contributed by atoms with Gasteiger partial charge in [-0.05, 0) is 42.8 Å². The van der Waals surface area contributed by atoms with Crippen LogP contribution in [0.3, 0.4) is 0 Å². The zero-order chi connectivity index (χ0) is 17.6. The van der Waals surface area contributed by atoms with E-state index in [1.807, 2.05) is 29.2 Å². The van der Waals surface area contributed by atoms with Crippen LogP contribution in [0.2, 0.25) is 5.02 Å². The van der Waals surface area contributed by atoms with Gasteiger partial charge in [-0.1, -0.05) is 29.8 Å². The van der Waals surface area contributed by atoms with Crippen LogP contribution >= 0.6 is 11.6 Å². The van der Waals surface area contributed by atoms with Gasteiger partial charge in [0.1, 0.15) is 0 Å². The molecule has 3 rings (SSSR count). The third-order valence-electron chi connectivity index (χ3n) is 4.49. The second-order valence-corrected chi connectivity index (χ2v) is 6.83. The number of piperazine rings is 1. The lowest BCUT2D eigenvalue weighted by molar-refractivity contribution is -0.131. The van der Waals surface area contributed by atoms with Crippen LogP contribution in [0.15, 0.2) is 48.5 Å². The third-order valence-corrected chi connectivity index (χ3v) is 4.73. The third kappa shape index (κ3) is 4.89. The van der Waals surface area contributed by atoms with E-state index in [0.717, 1.165) is 31.9 Å². The van der Waals surface area contributed by atoms with E-state index in [-0.39, 0.29) is 5.91 Å². The Labute approximate surface area is 154 Å². The van der Waals surface area contributed by atoms with Crippen LogP contribution in [0, 0.1) is 6.92 Å². The average molecular weight is 358 g/mol. The molecule has 1 amide bonds. The Balaban J connectivity index is 1.44. The zero-order valence-electron chi connectivity index (χ0n) is 14.5. The van der Waals surface area contributed by atoms with Gasteiger partial charge in [0.2, 0.25) is 5.91 Å². The highest BCUT2D eigenvalue weighted by Crippen LogP contribution is 2.18. The predicted molar refractivity (Wildman–Crippen MR) is 105 cm³/mol. The molecule has 0 aliphatic carbocycles. The van der Waals surface area contributed by atoms with Crippen molar-refractivity contribution in [2.45, 2.75) is 13.3 Å². The number of hydrogen-bond donors (Lipinski definition) is 1. The summed E-state index contributed by atoms with van der Waals surface area (Å²) in [6.45, 7) is 6.06. The van der Waals surface area contributed by atoms with Crippen LogP contribution in [-0.4, -0.2) is 43.5 Å². The number of amides is 1. The molecule has 0 atom stereocenters. The molecule has 1 saturated heterocycles. The lowest BCUT2D eigenvalue weighted by Crippen LogP contribution is -2.49. The van der Waals surface area contributed by atoms with Crippen molar-refractivity contribution in [3.05, 3.63) is 59.1 Å². The van der Waals surface area contributed by atoms with Crippen molar-refractivity contribution >= 4 is 28.9 Å². The fourth-order valence-electron chi connectivity index (χ4n) is 3.11. The van der Waals surface area contributed by atoms with Gasteiger partial charge in [-0.3, -0.25) is 4.79 Å². The summed E-state index contributed by atoms with van der Waals surface area (Å²) in [6, 6.07) is 16.1. The number of aryl methyl sites for hydroxylation is 1. The molecule has 1 fully saturated rings. The highest BCUT2D eigenvalue weighted by atomic mass is 35.5. The van der Waals surface area contributed by atoms with E-state index in [2.05, 4.69) is 41.4 Å². The Morgan fingerprint density at radius 1 is 1.08 bits per heavy atom. The van der Waals surface area contributed by atoms with Crippen LogP contribution in [0.1, 0.15) is 12.0 Å². The van der Waals surface area contributed by atoms with E-state index >= 15 is 0 Å². The number of carbonyl (C=O) groups excluding carboxylic acids is 1. The quantitative estimate of drug-likeness (QED) is 0.884. The molecule has 4 nitrogen and oxygen atoms in total. The molecule has 0 bridgehead atoms. The Morgan fingerprint density at radius 2 is 1.84 bits per heavy atom. The topological polar surface area (TPSA) is 35.6 Å². The van der Waals surface area contributed by atoms with E-state index in [4.69, 9.17) is 11.6 Å². The average Bonchev–Trinajstić information content (AvgIpc) is 2.62. The van der Waals surface area contributed by atoms with E-state index in [1.54, 1.807) is 0 Å². The fraction of sp³-hybridized carbons (Fsp3) is 0.350. The number of benzene rings is 2. The second-order valence-electron chi connectivity index (χ2n) is 6.39. The minimum atomic E-state index is 0.207. The lowest BCUT2D eigenvalue weighted by atomic mass is 10.2. The highest BCUT2D eigenvalue weighted by Gasteiger charge is 2.20. The smallest absolute Gasteiger partial charge is 0.224 e. The molecule has 2 aromatic carbocycles. The van der Waals surface area contributed by atoms with E-state index in [9.17, 15) is 4.79 Å². The predicted octanol–water partition coefficient (Wildman–Crippen LogP) is 3.80. The Morgan fingerprint density at radius 3 is 2.56 bits per heavy atom. The van der Waals surface area contributed by atoms with Gasteiger partial charge in [0.25, 0.3) is 0 Å². The molecule has 0 spiro atoms. The molecular weight excluding hydrogens is 334 g/mol. The molecule has 0 saturated carbocycles. The summed E-state index contributed by atoms with van der Waals surface area (Å²) in [6.07, 6.45) is 0.497. The van der Waals surface area contributed by atoms with Gasteiger partial charge in [0.05, 0.1) is 0 Å². The number of rotatable bonds is 5. The summed E-state index contributed by atoms with van der Waals surface area (Å²) >= 11 is 5.96. The molecule has 1 aliphatic heterocycles. The Bertz CT molecular complexity index is 726. The molecule has 2 aromatic rings. The molecule has 5 heteroatoms. The molecule has 0 aromatic heterocycles. The molecule has 1 aliphatic rings. The standard InChI is InChI=1S/C20H24ClN3O/c1-16-4-2-7-19(14-16)23-10-12-24(13-11-23)20(25)8-9-22-18-6-3-5-17(21)15-18/h2-7,14-15,22H,8-13H2,1H3. The van der Waals surface area contributed by atoms with Gasteiger partial charge in [-0.15, -0.1) is 0 Å². The summed E-state index contributed by atoms with van der Waals surface area (Å²) in [7, 11) is 0. The van der Waals surface area contributed by atoms with Crippen LogP contribution in [0.25, 0.3) is 0 Å². The van der Waals surface area contributed by atoms with Crippen LogP contribution in [-0.2, 0) is 4.79 Å². The van der Waals surface area contributed by atoms with Crippen molar-refractivity contribution in [3.63, 3.8) is 0 Å². The summed E-state index contributed by atoms with van der Waals surface area (Å²) in [4.78, 5) is 16.7. The van der Waals surface area contributed by atoms with Gasteiger partial charge in [-0.25, -0.2) is 0 Å². The first-order chi connectivity index (χ1) is 12.1. The van der Waals surface area contributed by atoms with Gasteiger partial charge >= 0.3 is 0 Å². The number of nitrogens with zero attached hydrogens (tertiary/aromatic N) is 2. The summed E-state index contributed by atoms with van der Waals surface area (Å²) in [5.74, 6) is 0.207. The van der Waals surface area contributed by atoms with Gasteiger partial charge in [0.15, 0.2) is 0 Å². The van der Waals surface area contributed by atoms with Crippen LogP contribution in [0.4, 0.5) is 11.4 Å². The van der Waals surface area contributed by atoms with Gasteiger partial charge < -0.3 is 15.1 Å². The molecule has 25 heavy (non-hydrogen) atoms. The van der Waals surface area contributed by atoms with Crippen molar-refractivity contribution in [3.8, 4) is 0 Å².